The van der Waals surface area contributed by atoms with E-state index in [0.29, 0.717) is 31.4 Å². The van der Waals surface area contributed by atoms with Gasteiger partial charge in [0.15, 0.2) is 5.13 Å². The third-order valence-corrected chi connectivity index (χ3v) is 4.52. The molecule has 1 aromatic carbocycles. The summed E-state index contributed by atoms with van der Waals surface area (Å²) < 4.78 is 5.27. The molecule has 136 valence electrons. The number of morpholine rings is 1. The molecule has 2 N–H and O–H groups in total. The fourth-order valence-corrected chi connectivity index (χ4v) is 3.14. The Balaban J connectivity index is 1.58. The number of ether oxygens (including phenoxy) is 1. The standard InChI is InChI=1S/C15H15N5O5S/c21-13(10-2-1-3-11(8-10)20(23)24)17-18-14(22)12-9-26-15(16-12)19-4-6-25-7-5-19/h1-3,8-9H,4-7H2,(H,17,21)(H,18,22). The van der Waals surface area contributed by atoms with Crippen molar-refractivity contribution in [3.05, 3.63) is 51.0 Å². The number of rotatable bonds is 4. The molecular weight excluding hydrogens is 362 g/mol. The molecule has 1 aromatic heterocycles. The zero-order valence-corrected chi connectivity index (χ0v) is 14.3. The van der Waals surface area contributed by atoms with Crippen molar-refractivity contribution in [2.45, 2.75) is 0 Å². The van der Waals surface area contributed by atoms with Crippen molar-refractivity contribution in [1.29, 1.82) is 0 Å². The molecule has 0 radical (unpaired) electrons. The van der Waals surface area contributed by atoms with Gasteiger partial charge in [-0.2, -0.15) is 0 Å². The molecule has 0 saturated carbocycles. The summed E-state index contributed by atoms with van der Waals surface area (Å²) in [4.78, 5) is 40.6. The number of carbonyl (C=O) groups is 2. The van der Waals surface area contributed by atoms with Crippen LogP contribution in [-0.2, 0) is 4.74 Å². The third kappa shape index (κ3) is 4.13. The minimum absolute atomic E-state index is 0.0618. The van der Waals surface area contributed by atoms with Gasteiger partial charge < -0.3 is 9.64 Å². The Morgan fingerprint density at radius 2 is 1.96 bits per heavy atom. The van der Waals surface area contributed by atoms with Gasteiger partial charge in [-0.3, -0.25) is 30.6 Å². The quantitative estimate of drug-likeness (QED) is 0.600. The zero-order chi connectivity index (χ0) is 18.5. The molecule has 1 aliphatic heterocycles. The Bertz CT molecular complexity index is 833. The maximum atomic E-state index is 12.1. The highest BCUT2D eigenvalue weighted by Crippen LogP contribution is 2.21. The van der Waals surface area contributed by atoms with Crippen LogP contribution in [-0.4, -0.2) is 48.0 Å². The number of nitrogens with one attached hydrogen (secondary N) is 2. The molecule has 10 nitrogen and oxygen atoms in total. The van der Waals surface area contributed by atoms with E-state index in [9.17, 15) is 19.7 Å². The number of nitrogens with zero attached hydrogens (tertiary/aromatic N) is 3. The lowest BCUT2D eigenvalue weighted by Gasteiger charge is -2.25. The molecule has 0 aliphatic carbocycles. The minimum Gasteiger partial charge on any atom is -0.378 e. The van der Waals surface area contributed by atoms with Crippen LogP contribution >= 0.6 is 11.3 Å². The molecule has 0 spiro atoms. The summed E-state index contributed by atoms with van der Waals surface area (Å²) in [6.45, 7) is 2.64. The summed E-state index contributed by atoms with van der Waals surface area (Å²) in [5.41, 5.74) is 4.51. The number of aromatic nitrogens is 1. The van der Waals surface area contributed by atoms with E-state index in [4.69, 9.17) is 4.74 Å². The van der Waals surface area contributed by atoms with E-state index in [1.165, 1.54) is 29.5 Å². The molecule has 1 aliphatic rings. The predicted octanol–water partition coefficient (Wildman–Crippen LogP) is 0.963. The van der Waals surface area contributed by atoms with E-state index in [0.717, 1.165) is 6.07 Å². The van der Waals surface area contributed by atoms with Gasteiger partial charge in [-0.15, -0.1) is 11.3 Å². The van der Waals surface area contributed by atoms with Gasteiger partial charge in [0, 0.05) is 36.2 Å². The lowest BCUT2D eigenvalue weighted by molar-refractivity contribution is -0.384. The van der Waals surface area contributed by atoms with Crippen LogP contribution < -0.4 is 15.8 Å². The van der Waals surface area contributed by atoms with Crippen LogP contribution in [0.5, 0.6) is 0 Å². The second kappa shape index (κ2) is 7.89. The highest BCUT2D eigenvalue weighted by molar-refractivity contribution is 7.13. The van der Waals surface area contributed by atoms with Crippen molar-refractivity contribution in [3.8, 4) is 0 Å². The van der Waals surface area contributed by atoms with Crippen LogP contribution in [0, 0.1) is 10.1 Å². The summed E-state index contributed by atoms with van der Waals surface area (Å²) in [7, 11) is 0. The van der Waals surface area contributed by atoms with E-state index in [-0.39, 0.29) is 16.9 Å². The normalized spacial score (nSPS) is 13.9. The van der Waals surface area contributed by atoms with Gasteiger partial charge >= 0.3 is 0 Å². The Morgan fingerprint density at radius 3 is 2.69 bits per heavy atom. The Labute approximate surface area is 151 Å². The SMILES string of the molecule is O=C(NNC(=O)c1csc(N2CCOCC2)n1)c1cccc([N+](=O)[O-])c1. The summed E-state index contributed by atoms with van der Waals surface area (Å²) in [5.74, 6) is -1.23. The first-order valence-corrected chi connectivity index (χ1v) is 8.56. The number of nitro benzene ring substituents is 1. The molecule has 0 atom stereocenters. The Morgan fingerprint density at radius 1 is 1.23 bits per heavy atom. The average Bonchev–Trinajstić information content (AvgIpc) is 3.17. The first-order chi connectivity index (χ1) is 12.5. The molecule has 0 unspecified atom stereocenters. The van der Waals surface area contributed by atoms with Crippen molar-refractivity contribution in [2.75, 3.05) is 31.2 Å². The largest absolute Gasteiger partial charge is 0.378 e. The highest BCUT2D eigenvalue weighted by atomic mass is 32.1. The van der Waals surface area contributed by atoms with Crippen molar-refractivity contribution in [1.82, 2.24) is 15.8 Å². The van der Waals surface area contributed by atoms with Crippen molar-refractivity contribution < 1.29 is 19.2 Å². The second-order valence-corrected chi connectivity index (χ2v) is 6.17. The Kier molecular flexibility index (Phi) is 5.39. The van der Waals surface area contributed by atoms with E-state index >= 15 is 0 Å². The maximum absolute atomic E-state index is 12.1. The topological polar surface area (TPSA) is 127 Å². The molecule has 1 saturated heterocycles. The number of benzene rings is 1. The molecule has 0 bridgehead atoms. The fourth-order valence-electron chi connectivity index (χ4n) is 2.28. The summed E-state index contributed by atoms with van der Waals surface area (Å²) in [5, 5.41) is 13.1. The van der Waals surface area contributed by atoms with Gasteiger partial charge in [0.2, 0.25) is 0 Å². The molecule has 3 rings (SSSR count). The molecule has 2 aromatic rings. The highest BCUT2D eigenvalue weighted by Gasteiger charge is 2.18. The molecule has 26 heavy (non-hydrogen) atoms. The smallest absolute Gasteiger partial charge is 0.289 e. The van der Waals surface area contributed by atoms with Gasteiger partial charge in [-0.25, -0.2) is 4.98 Å². The molecule has 2 heterocycles. The van der Waals surface area contributed by atoms with Crippen LogP contribution in [0.25, 0.3) is 0 Å². The number of hydrogen-bond acceptors (Lipinski definition) is 8. The molecular formula is C15H15N5O5S. The van der Waals surface area contributed by atoms with Crippen molar-refractivity contribution in [2.24, 2.45) is 0 Å². The number of hydrogen-bond donors (Lipinski definition) is 2. The van der Waals surface area contributed by atoms with Crippen molar-refractivity contribution in [3.63, 3.8) is 0 Å². The molecule has 11 heteroatoms. The monoisotopic (exact) mass is 377 g/mol. The predicted molar refractivity (Wildman–Crippen MR) is 93.2 cm³/mol. The van der Waals surface area contributed by atoms with Crippen LogP contribution in [0.1, 0.15) is 20.8 Å². The lowest BCUT2D eigenvalue weighted by Crippen LogP contribution is -2.42. The van der Waals surface area contributed by atoms with Crippen LogP contribution in [0.15, 0.2) is 29.6 Å². The van der Waals surface area contributed by atoms with E-state index < -0.39 is 16.7 Å². The first-order valence-electron chi connectivity index (χ1n) is 7.68. The number of thiazole rings is 1. The number of amides is 2. The Hall–Kier alpha value is -3.05. The fraction of sp³-hybridized carbons (Fsp3) is 0.267. The number of non-ortho nitro benzene ring substituents is 1. The number of nitro groups is 1. The zero-order valence-electron chi connectivity index (χ0n) is 13.5. The van der Waals surface area contributed by atoms with E-state index in [1.807, 2.05) is 4.90 Å². The van der Waals surface area contributed by atoms with Gasteiger partial charge in [-0.1, -0.05) is 6.07 Å². The van der Waals surface area contributed by atoms with Crippen molar-refractivity contribution >= 4 is 34.0 Å². The summed E-state index contributed by atoms with van der Waals surface area (Å²) in [6.07, 6.45) is 0. The van der Waals surface area contributed by atoms with Gasteiger partial charge in [0.1, 0.15) is 5.69 Å². The minimum atomic E-state index is -0.661. The van der Waals surface area contributed by atoms with Crippen LogP contribution in [0.3, 0.4) is 0 Å². The number of anilines is 1. The van der Waals surface area contributed by atoms with E-state index in [2.05, 4.69) is 15.8 Å². The second-order valence-electron chi connectivity index (χ2n) is 5.33. The number of carbonyl (C=O) groups excluding carboxylic acids is 2. The summed E-state index contributed by atoms with van der Waals surface area (Å²) in [6, 6.07) is 5.20. The maximum Gasteiger partial charge on any atom is 0.289 e. The van der Waals surface area contributed by atoms with Crippen LogP contribution in [0.4, 0.5) is 10.8 Å². The van der Waals surface area contributed by atoms with E-state index in [1.54, 1.807) is 5.38 Å². The van der Waals surface area contributed by atoms with Gasteiger partial charge in [0.25, 0.3) is 17.5 Å². The molecule has 1 fully saturated rings. The van der Waals surface area contributed by atoms with Crippen LogP contribution in [0.2, 0.25) is 0 Å². The average molecular weight is 377 g/mol. The van der Waals surface area contributed by atoms with Gasteiger partial charge in [-0.05, 0) is 6.07 Å². The van der Waals surface area contributed by atoms with Gasteiger partial charge in [0.05, 0.1) is 18.1 Å². The molecule has 2 amide bonds. The first kappa shape index (κ1) is 17.8. The lowest BCUT2D eigenvalue weighted by atomic mass is 10.2. The third-order valence-electron chi connectivity index (χ3n) is 3.62. The summed E-state index contributed by atoms with van der Waals surface area (Å²) >= 11 is 1.33. The number of hydrazine groups is 1.